The van der Waals surface area contributed by atoms with Gasteiger partial charge in [-0.2, -0.15) is 0 Å². The minimum Gasteiger partial charge on any atom is -0.486 e. The molecule has 0 saturated carbocycles. The normalized spacial score (nSPS) is 17.4. The Morgan fingerprint density at radius 3 is 2.64 bits per heavy atom. The molecule has 2 aromatic carbocycles. The number of fused-ring (bicyclic) bond motifs is 2. The summed E-state index contributed by atoms with van der Waals surface area (Å²) in [6.07, 6.45) is -0.293. The fourth-order valence-electron chi connectivity index (χ4n) is 3.20. The van der Waals surface area contributed by atoms with Crippen molar-refractivity contribution in [2.24, 2.45) is 0 Å². The smallest absolute Gasteiger partial charge is 0.321 e. The van der Waals surface area contributed by atoms with Crippen molar-refractivity contribution in [2.45, 2.75) is 6.10 Å². The lowest BCUT2D eigenvalue weighted by Gasteiger charge is -2.29. The van der Waals surface area contributed by atoms with E-state index in [0.717, 1.165) is 4.90 Å². The largest absolute Gasteiger partial charge is 0.486 e. The van der Waals surface area contributed by atoms with Gasteiger partial charge in [-0.05, 0) is 30.3 Å². The van der Waals surface area contributed by atoms with Crippen LogP contribution in [-0.2, 0) is 0 Å². The van der Waals surface area contributed by atoms with Crippen LogP contribution in [-0.4, -0.2) is 61.0 Å². The van der Waals surface area contributed by atoms with Crippen LogP contribution >= 0.6 is 0 Å². The van der Waals surface area contributed by atoms with Gasteiger partial charge in [-0.15, -0.1) is 0 Å². The second-order valence-corrected chi connectivity index (χ2v) is 6.74. The average molecular weight is 381 g/mol. The summed E-state index contributed by atoms with van der Waals surface area (Å²) in [7, 11) is 3.08. The molecule has 2 aliphatic rings. The topological polar surface area (TPSA) is 88.2 Å². The summed E-state index contributed by atoms with van der Waals surface area (Å²) < 4.78 is 11.5. The quantitative estimate of drug-likeness (QED) is 0.824. The molecule has 0 spiro atoms. The molecule has 28 heavy (non-hydrogen) atoms. The van der Waals surface area contributed by atoms with Crippen LogP contribution in [0.5, 0.6) is 11.5 Å². The van der Waals surface area contributed by atoms with Gasteiger partial charge in [0.25, 0.3) is 11.8 Å². The van der Waals surface area contributed by atoms with E-state index >= 15 is 0 Å². The summed E-state index contributed by atoms with van der Waals surface area (Å²) in [5.41, 5.74) is 1.07. The summed E-state index contributed by atoms with van der Waals surface area (Å²) in [5, 5.41) is 2.74. The molecule has 2 heterocycles. The van der Waals surface area contributed by atoms with E-state index in [1.54, 1.807) is 19.2 Å². The Hall–Kier alpha value is -3.55. The van der Waals surface area contributed by atoms with Crippen molar-refractivity contribution in [3.05, 3.63) is 53.6 Å². The second kappa shape index (κ2) is 6.88. The maximum absolute atomic E-state index is 12.5. The molecule has 8 heteroatoms. The molecular formula is C20H19N3O5. The van der Waals surface area contributed by atoms with Crippen molar-refractivity contribution >= 4 is 23.5 Å². The van der Waals surface area contributed by atoms with Gasteiger partial charge in [0.15, 0.2) is 17.6 Å². The number of carbonyl (C=O) groups excluding carboxylic acids is 3. The van der Waals surface area contributed by atoms with Gasteiger partial charge < -0.3 is 19.7 Å². The van der Waals surface area contributed by atoms with Gasteiger partial charge in [0.1, 0.15) is 6.61 Å². The van der Waals surface area contributed by atoms with E-state index in [-0.39, 0.29) is 29.5 Å². The average Bonchev–Trinajstić information content (AvgIpc) is 2.91. The first-order chi connectivity index (χ1) is 13.4. The number of nitrogens with zero attached hydrogens (tertiary/aromatic N) is 2. The van der Waals surface area contributed by atoms with Gasteiger partial charge in [-0.3, -0.25) is 14.5 Å². The first-order valence-electron chi connectivity index (χ1n) is 8.81. The molecule has 8 nitrogen and oxygen atoms in total. The molecule has 0 aliphatic carbocycles. The van der Waals surface area contributed by atoms with Crippen LogP contribution in [0.2, 0.25) is 0 Å². The molecular weight excluding hydrogens is 362 g/mol. The number of ether oxygens (including phenoxy) is 2. The fourth-order valence-corrected chi connectivity index (χ4v) is 3.20. The number of rotatable bonds is 3. The predicted octanol–water partition coefficient (Wildman–Crippen LogP) is 2.22. The van der Waals surface area contributed by atoms with Crippen LogP contribution < -0.4 is 14.8 Å². The Kier molecular flexibility index (Phi) is 4.38. The lowest BCUT2D eigenvalue weighted by atomic mass is 10.1. The SMILES string of the molecule is CN(CC1COc2ccccc2O1)C(=O)Nc1ccc2c(c1)C(=O)N(C)C2=O. The van der Waals surface area contributed by atoms with E-state index in [1.807, 2.05) is 24.3 Å². The summed E-state index contributed by atoms with van der Waals surface area (Å²) in [5.74, 6) is 0.618. The number of hydrogen-bond donors (Lipinski definition) is 1. The van der Waals surface area contributed by atoms with Crippen molar-refractivity contribution in [1.82, 2.24) is 9.80 Å². The number of carbonyl (C=O) groups is 3. The minimum atomic E-state index is -0.379. The van der Waals surface area contributed by atoms with E-state index in [1.165, 1.54) is 18.0 Å². The summed E-state index contributed by atoms with van der Waals surface area (Å²) in [6, 6.07) is 11.7. The van der Waals surface area contributed by atoms with E-state index in [9.17, 15) is 14.4 Å². The molecule has 2 aromatic rings. The maximum Gasteiger partial charge on any atom is 0.321 e. The number of imide groups is 1. The van der Waals surface area contributed by atoms with E-state index < -0.39 is 0 Å². The molecule has 4 rings (SSSR count). The number of likely N-dealkylation sites (N-methyl/N-ethyl adjacent to an activating group) is 1. The van der Waals surface area contributed by atoms with E-state index in [2.05, 4.69) is 5.32 Å². The molecule has 0 saturated heterocycles. The first kappa shape index (κ1) is 17.8. The van der Waals surface area contributed by atoms with E-state index in [0.29, 0.717) is 35.9 Å². The van der Waals surface area contributed by atoms with Crippen LogP contribution in [0.15, 0.2) is 42.5 Å². The standard InChI is InChI=1S/C20H19N3O5/c1-22(10-13-11-27-16-5-3-4-6-17(16)28-13)20(26)21-12-7-8-14-15(9-12)19(25)23(2)18(14)24/h3-9,13H,10-11H2,1-2H3,(H,21,26). The maximum atomic E-state index is 12.5. The number of nitrogens with one attached hydrogen (secondary N) is 1. The number of para-hydroxylation sites is 2. The molecule has 1 atom stereocenters. The van der Waals surface area contributed by atoms with Crippen LogP contribution in [0.3, 0.4) is 0 Å². The second-order valence-electron chi connectivity index (χ2n) is 6.74. The van der Waals surface area contributed by atoms with Crippen LogP contribution in [0.1, 0.15) is 20.7 Å². The lowest BCUT2D eigenvalue weighted by Crippen LogP contribution is -2.43. The Morgan fingerprint density at radius 2 is 1.86 bits per heavy atom. The first-order valence-corrected chi connectivity index (χ1v) is 8.81. The highest BCUT2D eigenvalue weighted by atomic mass is 16.6. The third kappa shape index (κ3) is 3.13. The van der Waals surface area contributed by atoms with Gasteiger partial charge in [0.2, 0.25) is 0 Å². The van der Waals surface area contributed by atoms with Crippen molar-refractivity contribution in [3.8, 4) is 11.5 Å². The highest BCUT2D eigenvalue weighted by molar-refractivity contribution is 6.21. The number of hydrogen-bond acceptors (Lipinski definition) is 5. The molecule has 4 amide bonds. The molecule has 1 unspecified atom stereocenters. The zero-order valence-electron chi connectivity index (χ0n) is 15.5. The summed E-state index contributed by atoms with van der Waals surface area (Å²) in [6.45, 7) is 0.668. The van der Waals surface area contributed by atoms with Gasteiger partial charge in [-0.25, -0.2) is 4.79 Å². The van der Waals surface area contributed by atoms with Gasteiger partial charge in [0.05, 0.1) is 17.7 Å². The zero-order chi connectivity index (χ0) is 19.8. The van der Waals surface area contributed by atoms with Crippen LogP contribution in [0.25, 0.3) is 0 Å². The van der Waals surface area contributed by atoms with Gasteiger partial charge in [-0.1, -0.05) is 12.1 Å². The molecule has 0 fully saturated rings. The molecule has 0 aromatic heterocycles. The Labute approximate surface area is 161 Å². The third-order valence-corrected chi connectivity index (χ3v) is 4.73. The molecule has 2 aliphatic heterocycles. The van der Waals surface area contributed by atoms with Crippen molar-refractivity contribution in [1.29, 1.82) is 0 Å². The molecule has 1 N–H and O–H groups in total. The number of amides is 4. The highest BCUT2D eigenvalue weighted by Crippen LogP contribution is 2.31. The third-order valence-electron chi connectivity index (χ3n) is 4.73. The Bertz CT molecular complexity index is 974. The molecule has 0 radical (unpaired) electrons. The Morgan fingerprint density at radius 1 is 1.14 bits per heavy atom. The fraction of sp³-hybridized carbons (Fsp3) is 0.250. The summed E-state index contributed by atoms with van der Waals surface area (Å²) in [4.78, 5) is 39.1. The van der Waals surface area contributed by atoms with Gasteiger partial charge in [0, 0.05) is 19.8 Å². The van der Waals surface area contributed by atoms with Crippen molar-refractivity contribution in [3.63, 3.8) is 0 Å². The van der Waals surface area contributed by atoms with Crippen molar-refractivity contribution < 1.29 is 23.9 Å². The Balaban J connectivity index is 1.39. The van der Waals surface area contributed by atoms with Crippen molar-refractivity contribution in [2.75, 3.05) is 32.6 Å². The van der Waals surface area contributed by atoms with Gasteiger partial charge >= 0.3 is 6.03 Å². The highest BCUT2D eigenvalue weighted by Gasteiger charge is 2.33. The lowest BCUT2D eigenvalue weighted by molar-refractivity contribution is 0.0693. The monoisotopic (exact) mass is 381 g/mol. The minimum absolute atomic E-state index is 0.286. The van der Waals surface area contributed by atoms with E-state index in [4.69, 9.17) is 9.47 Å². The molecule has 144 valence electrons. The van der Waals surface area contributed by atoms with Crippen LogP contribution in [0, 0.1) is 0 Å². The molecule has 0 bridgehead atoms. The zero-order valence-corrected chi connectivity index (χ0v) is 15.5. The van der Waals surface area contributed by atoms with Crippen LogP contribution in [0.4, 0.5) is 10.5 Å². The number of urea groups is 1. The number of benzene rings is 2. The number of anilines is 1. The summed E-state index contributed by atoms with van der Waals surface area (Å²) >= 11 is 0. The predicted molar refractivity (Wildman–Crippen MR) is 101 cm³/mol.